The van der Waals surface area contributed by atoms with Crippen LogP contribution in [0.3, 0.4) is 0 Å². The predicted octanol–water partition coefficient (Wildman–Crippen LogP) is 1.26. The van der Waals surface area contributed by atoms with Gasteiger partial charge in [0.2, 0.25) is 0 Å². The van der Waals surface area contributed by atoms with Crippen LogP contribution in [0, 0.1) is 6.92 Å². The number of likely N-dealkylation sites (N-methyl/N-ethyl adjacent to an activating group) is 1. The Morgan fingerprint density at radius 3 is 2.47 bits per heavy atom. The van der Waals surface area contributed by atoms with Crippen LogP contribution in [0.4, 0.5) is 11.6 Å². The van der Waals surface area contributed by atoms with E-state index in [0.717, 1.165) is 24.0 Å². The lowest BCUT2D eigenvalue weighted by molar-refractivity contribution is 0.447. The Kier molecular flexibility index (Phi) is 4.28. The minimum atomic E-state index is 0.0388. The molecule has 96 valence electrons. The van der Waals surface area contributed by atoms with Gasteiger partial charge in [0.1, 0.15) is 17.5 Å². The Morgan fingerprint density at radius 2 is 1.94 bits per heavy atom. The summed E-state index contributed by atoms with van der Waals surface area (Å²) in [6.45, 7) is 7.00. The fourth-order valence-corrected chi connectivity index (χ4v) is 1.27. The third-order valence-electron chi connectivity index (χ3n) is 2.67. The van der Waals surface area contributed by atoms with E-state index >= 15 is 0 Å². The van der Waals surface area contributed by atoms with Crippen molar-refractivity contribution in [2.45, 2.75) is 26.3 Å². The van der Waals surface area contributed by atoms with Crippen LogP contribution in [0.2, 0.25) is 0 Å². The zero-order valence-corrected chi connectivity index (χ0v) is 11.6. The van der Waals surface area contributed by atoms with Crippen molar-refractivity contribution in [1.82, 2.24) is 15.3 Å². The maximum Gasteiger partial charge on any atom is 0.133 e. The van der Waals surface area contributed by atoms with Gasteiger partial charge in [0.25, 0.3) is 0 Å². The molecule has 0 radical (unpaired) electrons. The Hall–Kier alpha value is -1.36. The number of rotatable bonds is 5. The van der Waals surface area contributed by atoms with Gasteiger partial charge in [0, 0.05) is 32.2 Å². The van der Waals surface area contributed by atoms with Crippen molar-refractivity contribution in [1.29, 1.82) is 0 Å². The summed E-state index contributed by atoms with van der Waals surface area (Å²) in [6, 6.07) is 1.96. The maximum absolute atomic E-state index is 4.38. The third kappa shape index (κ3) is 4.19. The second-order valence-electron chi connectivity index (χ2n) is 5.04. The minimum absolute atomic E-state index is 0.0388. The van der Waals surface area contributed by atoms with Crippen LogP contribution in [0.5, 0.6) is 0 Å². The number of nitrogens with one attached hydrogen (secondary N) is 2. The van der Waals surface area contributed by atoms with Crippen molar-refractivity contribution in [3.63, 3.8) is 0 Å². The molecule has 0 spiro atoms. The van der Waals surface area contributed by atoms with Crippen molar-refractivity contribution in [2.75, 3.05) is 37.9 Å². The number of aryl methyl sites for hydroxylation is 1. The number of anilines is 2. The molecule has 0 aliphatic rings. The average molecular weight is 237 g/mol. The SMILES string of the molecule is CNC(C)(C)CNc1cc(N(C)C)nc(C)n1. The van der Waals surface area contributed by atoms with E-state index in [-0.39, 0.29) is 5.54 Å². The van der Waals surface area contributed by atoms with Crippen LogP contribution >= 0.6 is 0 Å². The lowest BCUT2D eigenvalue weighted by Crippen LogP contribution is -2.42. The van der Waals surface area contributed by atoms with Gasteiger partial charge in [-0.3, -0.25) is 0 Å². The molecule has 0 saturated carbocycles. The van der Waals surface area contributed by atoms with Gasteiger partial charge in [0.05, 0.1) is 0 Å². The Labute approximate surface area is 104 Å². The second-order valence-corrected chi connectivity index (χ2v) is 5.04. The summed E-state index contributed by atoms with van der Waals surface area (Å²) in [4.78, 5) is 10.7. The lowest BCUT2D eigenvalue weighted by Gasteiger charge is -2.25. The third-order valence-corrected chi connectivity index (χ3v) is 2.67. The Balaban J connectivity index is 2.78. The number of hydrogen-bond acceptors (Lipinski definition) is 5. The molecule has 5 heteroatoms. The van der Waals surface area contributed by atoms with Crippen molar-refractivity contribution in [2.24, 2.45) is 0 Å². The quantitative estimate of drug-likeness (QED) is 0.807. The first-order valence-corrected chi connectivity index (χ1v) is 5.80. The first-order valence-electron chi connectivity index (χ1n) is 5.80. The largest absolute Gasteiger partial charge is 0.368 e. The van der Waals surface area contributed by atoms with Gasteiger partial charge in [-0.25, -0.2) is 9.97 Å². The molecule has 2 N–H and O–H groups in total. The maximum atomic E-state index is 4.38. The molecule has 0 atom stereocenters. The number of hydrogen-bond donors (Lipinski definition) is 2. The van der Waals surface area contributed by atoms with E-state index in [2.05, 4.69) is 34.4 Å². The van der Waals surface area contributed by atoms with E-state index < -0.39 is 0 Å². The Bertz CT molecular complexity index is 373. The molecule has 0 bridgehead atoms. The lowest BCUT2D eigenvalue weighted by atomic mass is 10.1. The molecule has 1 aromatic rings. The monoisotopic (exact) mass is 237 g/mol. The minimum Gasteiger partial charge on any atom is -0.368 e. The highest BCUT2D eigenvalue weighted by molar-refractivity contribution is 5.48. The van der Waals surface area contributed by atoms with Gasteiger partial charge >= 0.3 is 0 Å². The first kappa shape index (κ1) is 13.7. The normalized spacial score (nSPS) is 11.4. The van der Waals surface area contributed by atoms with Gasteiger partial charge in [-0.1, -0.05) is 0 Å². The van der Waals surface area contributed by atoms with Crippen LogP contribution in [0.25, 0.3) is 0 Å². The van der Waals surface area contributed by atoms with E-state index in [0.29, 0.717) is 0 Å². The topological polar surface area (TPSA) is 53.1 Å². The molecule has 0 saturated heterocycles. The fourth-order valence-electron chi connectivity index (χ4n) is 1.27. The number of aromatic nitrogens is 2. The van der Waals surface area contributed by atoms with Crippen LogP contribution in [0.1, 0.15) is 19.7 Å². The molecule has 1 rings (SSSR count). The van der Waals surface area contributed by atoms with Crippen molar-refractivity contribution < 1.29 is 0 Å². The van der Waals surface area contributed by atoms with Gasteiger partial charge in [-0.05, 0) is 27.8 Å². The molecule has 0 aliphatic heterocycles. The fraction of sp³-hybridized carbons (Fsp3) is 0.667. The zero-order valence-electron chi connectivity index (χ0n) is 11.6. The second kappa shape index (κ2) is 5.31. The zero-order chi connectivity index (χ0) is 13.1. The highest BCUT2D eigenvalue weighted by Crippen LogP contribution is 2.14. The molecule has 17 heavy (non-hydrogen) atoms. The molecule has 0 aliphatic carbocycles. The molecule has 0 fully saturated rings. The molecule has 0 unspecified atom stereocenters. The van der Waals surface area contributed by atoms with Crippen LogP contribution in [-0.4, -0.2) is 43.2 Å². The molecule has 0 aromatic carbocycles. The van der Waals surface area contributed by atoms with Gasteiger partial charge < -0.3 is 15.5 Å². The van der Waals surface area contributed by atoms with E-state index in [1.165, 1.54) is 0 Å². The van der Waals surface area contributed by atoms with E-state index in [1.54, 1.807) is 0 Å². The molecule has 1 heterocycles. The summed E-state index contributed by atoms with van der Waals surface area (Å²) in [5.41, 5.74) is 0.0388. The number of nitrogens with zero attached hydrogens (tertiary/aromatic N) is 3. The summed E-state index contributed by atoms with van der Waals surface area (Å²) in [7, 11) is 5.91. The van der Waals surface area contributed by atoms with Crippen molar-refractivity contribution in [3.05, 3.63) is 11.9 Å². The van der Waals surface area contributed by atoms with E-state index in [4.69, 9.17) is 0 Å². The summed E-state index contributed by atoms with van der Waals surface area (Å²) in [6.07, 6.45) is 0. The van der Waals surface area contributed by atoms with E-state index in [1.807, 2.05) is 39.0 Å². The summed E-state index contributed by atoms with van der Waals surface area (Å²) in [5.74, 6) is 2.56. The highest BCUT2D eigenvalue weighted by Gasteiger charge is 2.14. The van der Waals surface area contributed by atoms with Crippen LogP contribution < -0.4 is 15.5 Å². The molecular formula is C12H23N5. The summed E-state index contributed by atoms with van der Waals surface area (Å²) >= 11 is 0. The standard InChI is InChI=1S/C12H23N5/c1-9-15-10(7-11(16-9)17(5)6)14-8-12(2,3)13-4/h7,13H,8H2,1-6H3,(H,14,15,16). The molecular weight excluding hydrogens is 214 g/mol. The van der Waals surface area contributed by atoms with E-state index in [9.17, 15) is 0 Å². The Morgan fingerprint density at radius 1 is 1.29 bits per heavy atom. The predicted molar refractivity (Wildman–Crippen MR) is 72.7 cm³/mol. The highest BCUT2D eigenvalue weighted by atomic mass is 15.2. The molecule has 5 nitrogen and oxygen atoms in total. The van der Waals surface area contributed by atoms with Crippen molar-refractivity contribution >= 4 is 11.6 Å². The van der Waals surface area contributed by atoms with Gasteiger partial charge in [-0.2, -0.15) is 0 Å². The first-order chi connectivity index (χ1) is 7.84. The van der Waals surface area contributed by atoms with Crippen LogP contribution in [0.15, 0.2) is 6.07 Å². The average Bonchev–Trinajstić information content (AvgIpc) is 2.26. The van der Waals surface area contributed by atoms with Gasteiger partial charge in [0.15, 0.2) is 0 Å². The molecule has 1 aromatic heterocycles. The smallest absolute Gasteiger partial charge is 0.133 e. The summed E-state index contributed by atoms with van der Waals surface area (Å²) < 4.78 is 0. The molecule has 0 amide bonds. The summed E-state index contributed by atoms with van der Waals surface area (Å²) in [5, 5.41) is 6.58. The van der Waals surface area contributed by atoms with Gasteiger partial charge in [-0.15, -0.1) is 0 Å². The van der Waals surface area contributed by atoms with Crippen molar-refractivity contribution in [3.8, 4) is 0 Å². The van der Waals surface area contributed by atoms with Crippen LogP contribution in [-0.2, 0) is 0 Å².